The van der Waals surface area contributed by atoms with Crippen LogP contribution in [0.5, 0.6) is 23.0 Å². The fourth-order valence-electron chi connectivity index (χ4n) is 4.92. The van der Waals surface area contributed by atoms with Crippen molar-refractivity contribution >= 4 is 67.5 Å². The first-order chi connectivity index (χ1) is 24.2. The van der Waals surface area contributed by atoms with E-state index >= 15 is 0 Å². The summed E-state index contributed by atoms with van der Waals surface area (Å²) in [7, 11) is 9.01. The molecule has 0 spiro atoms. The smallest absolute Gasteiger partial charge is 0.550 e. The number of hydrogen-bond acceptors (Lipinski definition) is 9. The molecular weight excluding hydrogens is 829 g/mol. The van der Waals surface area contributed by atoms with E-state index in [4.69, 9.17) is 38.7 Å². The molecule has 14 heteroatoms. The van der Waals surface area contributed by atoms with Crippen molar-refractivity contribution < 1.29 is 59.2 Å². The van der Waals surface area contributed by atoms with E-state index in [0.717, 1.165) is 36.8 Å². The van der Waals surface area contributed by atoms with E-state index < -0.39 is 11.9 Å². The number of carbonyl (C=O) groups is 2. The third kappa shape index (κ3) is 16.2. The molecule has 0 saturated carbocycles. The second-order valence-electron chi connectivity index (χ2n) is 11.7. The van der Waals surface area contributed by atoms with E-state index in [0.29, 0.717) is 34.3 Å². The van der Waals surface area contributed by atoms with E-state index in [1.165, 1.54) is 21.2 Å². The SMILES string of the molecule is CC(=O)[O-].CC(=O)[O-].COc1ccccc1PC(Pc1ccccc1OC)N(C(Pc1ccccc1OC)Pc1ccccc1OC)C(C)(C)C.[Pd+2]. The molecule has 0 amide bonds. The zero-order valence-corrected chi connectivity index (χ0v) is 36.5. The summed E-state index contributed by atoms with van der Waals surface area (Å²) >= 11 is 0. The van der Waals surface area contributed by atoms with Crippen LogP contribution in [0.4, 0.5) is 0 Å². The average Bonchev–Trinajstić information content (AvgIpc) is 3.08. The van der Waals surface area contributed by atoms with Crippen LogP contribution in [-0.2, 0) is 30.0 Å². The molecule has 4 aromatic rings. The monoisotopic (exact) mass is 877 g/mol. The van der Waals surface area contributed by atoms with Crippen molar-refractivity contribution in [2.75, 3.05) is 28.4 Å². The van der Waals surface area contributed by atoms with Crippen LogP contribution in [0.25, 0.3) is 0 Å². The second kappa shape index (κ2) is 24.6. The average molecular weight is 878 g/mol. The molecule has 0 aliphatic rings. The van der Waals surface area contributed by atoms with Gasteiger partial charge >= 0.3 is 20.4 Å². The molecule has 0 saturated heterocycles. The van der Waals surface area contributed by atoms with Crippen molar-refractivity contribution in [1.29, 1.82) is 0 Å². The minimum Gasteiger partial charge on any atom is -0.550 e. The Morgan fingerprint density at radius 1 is 0.519 bits per heavy atom. The largest absolute Gasteiger partial charge is 2.00 e. The summed E-state index contributed by atoms with van der Waals surface area (Å²) in [6, 6.07) is 33.7. The molecular formula is C38H49NO8P4Pd. The first-order valence-corrected chi connectivity index (χ1v) is 20.3. The van der Waals surface area contributed by atoms with Gasteiger partial charge in [0.2, 0.25) is 0 Å². The molecule has 284 valence electrons. The number of hydrogen-bond donors (Lipinski definition) is 0. The van der Waals surface area contributed by atoms with Gasteiger partial charge in [0.05, 0.1) is 39.5 Å². The fourth-order valence-corrected chi connectivity index (χ4v) is 13.9. The van der Waals surface area contributed by atoms with Gasteiger partial charge in [0.15, 0.2) is 0 Å². The molecule has 0 radical (unpaired) electrons. The number of para-hydroxylation sites is 4. The van der Waals surface area contributed by atoms with Gasteiger partial charge in [-0.3, -0.25) is 4.90 Å². The molecule has 4 aromatic carbocycles. The van der Waals surface area contributed by atoms with E-state index in [1.54, 1.807) is 28.4 Å². The molecule has 0 N–H and O–H groups in total. The van der Waals surface area contributed by atoms with E-state index in [-0.39, 0.29) is 37.0 Å². The first kappa shape index (κ1) is 47.4. The number of aliphatic carboxylic acids is 2. The molecule has 0 aromatic heterocycles. The van der Waals surface area contributed by atoms with Crippen LogP contribution < -0.4 is 50.4 Å². The molecule has 4 rings (SSSR count). The summed E-state index contributed by atoms with van der Waals surface area (Å²) in [6.07, 6.45) is 0. The summed E-state index contributed by atoms with van der Waals surface area (Å²) in [6.45, 7) is 8.96. The number of methoxy groups -OCH3 is 4. The number of carboxylic acids is 2. The van der Waals surface area contributed by atoms with Crippen molar-refractivity contribution in [3.05, 3.63) is 97.1 Å². The van der Waals surface area contributed by atoms with Gasteiger partial charge in [-0.05, 0) is 58.9 Å². The van der Waals surface area contributed by atoms with Gasteiger partial charge in [-0.25, -0.2) is 0 Å². The maximum absolute atomic E-state index is 8.89. The number of ether oxygens (including phenoxy) is 4. The Hall–Kier alpha value is -2.64. The quantitative estimate of drug-likeness (QED) is 0.136. The second-order valence-corrected chi connectivity index (χ2v) is 18.4. The van der Waals surface area contributed by atoms with Crippen LogP contribution in [-0.4, -0.2) is 61.9 Å². The fraction of sp³-hybridized carbons (Fsp3) is 0.316. The summed E-state index contributed by atoms with van der Waals surface area (Å²) in [4.78, 5) is 20.5. The number of carbonyl (C=O) groups excluding carboxylic acids is 2. The molecule has 0 aliphatic heterocycles. The van der Waals surface area contributed by atoms with Crippen LogP contribution in [0.3, 0.4) is 0 Å². The Bertz CT molecular complexity index is 1450. The maximum Gasteiger partial charge on any atom is 2.00 e. The molecule has 4 unspecified atom stereocenters. The molecule has 9 nitrogen and oxygen atoms in total. The van der Waals surface area contributed by atoms with Crippen LogP contribution >= 0.6 is 34.3 Å². The Morgan fingerprint density at radius 3 is 0.885 bits per heavy atom. The zero-order valence-electron chi connectivity index (χ0n) is 30.9. The molecule has 52 heavy (non-hydrogen) atoms. The standard InChI is InChI=1S/C34H43NO4P4.2C2H4O2.Pd/c1-34(2,3)35(32(40-28-20-12-8-16-24(28)36-4)41-29-21-13-9-17-25(29)37-5)33(42-30-22-14-10-18-26(30)38-6)43-31-23-15-11-19-27(31)39-7;2*1-2(3)4;/h8-23,32-33,40-43H,1-7H3;2*1H3,(H,3,4);/q;;;+2/p-2. The predicted octanol–water partition coefficient (Wildman–Crippen LogP) is 4.21. The van der Waals surface area contributed by atoms with Gasteiger partial charge in [0.25, 0.3) is 0 Å². The van der Waals surface area contributed by atoms with Crippen LogP contribution in [0, 0.1) is 0 Å². The van der Waals surface area contributed by atoms with Crippen LogP contribution in [0.1, 0.15) is 34.6 Å². The minimum atomic E-state index is -1.08. The van der Waals surface area contributed by atoms with E-state index in [9.17, 15) is 0 Å². The van der Waals surface area contributed by atoms with Gasteiger partial charge in [0, 0.05) is 38.7 Å². The summed E-state index contributed by atoms with van der Waals surface area (Å²) < 4.78 is 23.4. The predicted molar refractivity (Wildman–Crippen MR) is 214 cm³/mol. The Morgan fingerprint density at radius 2 is 0.712 bits per heavy atom. The number of benzene rings is 4. The first-order valence-electron chi connectivity index (χ1n) is 16.0. The number of rotatable bonds is 14. The van der Waals surface area contributed by atoms with Gasteiger partial charge in [-0.2, -0.15) is 0 Å². The summed E-state index contributed by atoms with van der Waals surface area (Å²) in [5.74, 6) is 1.56. The van der Waals surface area contributed by atoms with Crippen molar-refractivity contribution in [1.82, 2.24) is 4.90 Å². The third-order valence-electron chi connectivity index (χ3n) is 6.93. The van der Waals surface area contributed by atoms with Gasteiger partial charge < -0.3 is 38.7 Å². The number of carboxylic acid groups (broad SMARTS) is 2. The molecule has 0 bridgehead atoms. The normalized spacial score (nSPS) is 12.6. The Labute approximate surface area is 329 Å². The number of nitrogens with zero attached hydrogens (tertiary/aromatic N) is 1. The van der Waals surface area contributed by atoms with Gasteiger partial charge in [-0.15, -0.1) is 0 Å². The van der Waals surface area contributed by atoms with Gasteiger partial charge in [-0.1, -0.05) is 107 Å². The topological polar surface area (TPSA) is 120 Å². The van der Waals surface area contributed by atoms with Gasteiger partial charge in [0.1, 0.15) is 23.0 Å². The van der Waals surface area contributed by atoms with Crippen LogP contribution in [0.2, 0.25) is 0 Å². The van der Waals surface area contributed by atoms with Crippen LogP contribution in [0.15, 0.2) is 97.1 Å². The molecule has 0 fully saturated rings. The van der Waals surface area contributed by atoms with E-state index in [1.807, 2.05) is 24.3 Å². The Kier molecular flexibility index (Phi) is 22.4. The molecule has 4 atom stereocenters. The third-order valence-corrected chi connectivity index (χ3v) is 13.8. The van der Waals surface area contributed by atoms with E-state index in [2.05, 4.69) is 98.5 Å². The maximum atomic E-state index is 8.89. The summed E-state index contributed by atoms with van der Waals surface area (Å²) in [5.41, 5.74) is 0.243. The van der Waals surface area contributed by atoms with Crippen molar-refractivity contribution in [2.24, 2.45) is 0 Å². The molecule has 0 aliphatic carbocycles. The van der Waals surface area contributed by atoms with Crippen molar-refractivity contribution in [3.8, 4) is 23.0 Å². The minimum absolute atomic E-state index is 0. The Balaban J connectivity index is 0.00000136. The van der Waals surface area contributed by atoms with Crippen molar-refractivity contribution in [2.45, 2.75) is 51.2 Å². The molecule has 0 heterocycles. The summed E-state index contributed by atoms with van der Waals surface area (Å²) in [5, 5.41) is 22.7. The van der Waals surface area contributed by atoms with Crippen molar-refractivity contribution in [3.63, 3.8) is 0 Å². The zero-order chi connectivity index (χ0) is 38.0.